The Kier molecular flexibility index (Phi) is 2.11. The van der Waals surface area contributed by atoms with Crippen molar-refractivity contribution < 1.29 is 0 Å². The molecule has 0 saturated heterocycles. The van der Waals surface area contributed by atoms with Gasteiger partial charge in [0.1, 0.15) is 0 Å². The highest BCUT2D eigenvalue weighted by molar-refractivity contribution is 7.27. The highest BCUT2D eigenvalue weighted by Crippen LogP contribution is 2.08. The molecule has 1 atom stereocenters. The molecule has 1 rings (SSSR count). The van der Waals surface area contributed by atoms with Crippen LogP contribution < -0.4 is 5.30 Å². The zero-order valence-corrected chi connectivity index (χ0v) is 7.89. The molecular weight excluding hydrogens is 139 g/mol. The third kappa shape index (κ3) is 1.38. The van der Waals surface area contributed by atoms with Crippen molar-refractivity contribution in [3.8, 4) is 0 Å². The second-order valence-corrected chi connectivity index (χ2v) is 3.42. The SMILES string of the molecule is Cc1cc(C)c(P)cc1C. The maximum atomic E-state index is 2.74. The van der Waals surface area contributed by atoms with E-state index in [0.717, 1.165) is 0 Å². The van der Waals surface area contributed by atoms with Gasteiger partial charge >= 0.3 is 0 Å². The van der Waals surface area contributed by atoms with Crippen LogP contribution in [-0.2, 0) is 0 Å². The summed E-state index contributed by atoms with van der Waals surface area (Å²) in [4.78, 5) is 0. The molecule has 0 N–H and O–H groups in total. The van der Waals surface area contributed by atoms with E-state index in [2.05, 4.69) is 42.1 Å². The molecule has 1 aromatic rings. The van der Waals surface area contributed by atoms with Crippen LogP contribution in [0.1, 0.15) is 16.7 Å². The molecule has 0 aliphatic heterocycles. The average molecular weight is 152 g/mol. The topological polar surface area (TPSA) is 0 Å². The van der Waals surface area contributed by atoms with E-state index in [4.69, 9.17) is 0 Å². The summed E-state index contributed by atoms with van der Waals surface area (Å²) in [6.45, 7) is 6.42. The minimum Gasteiger partial charge on any atom is -0.105 e. The molecule has 0 aliphatic carbocycles. The van der Waals surface area contributed by atoms with Crippen LogP contribution in [0.2, 0.25) is 0 Å². The first kappa shape index (κ1) is 7.75. The van der Waals surface area contributed by atoms with E-state index in [1.807, 2.05) is 0 Å². The van der Waals surface area contributed by atoms with Crippen molar-refractivity contribution >= 4 is 14.5 Å². The first-order valence-electron chi connectivity index (χ1n) is 3.44. The smallest absolute Gasteiger partial charge is 0.0271 e. The maximum absolute atomic E-state index is 2.74. The largest absolute Gasteiger partial charge is 0.105 e. The van der Waals surface area contributed by atoms with Crippen molar-refractivity contribution in [3.63, 3.8) is 0 Å². The predicted molar refractivity (Wildman–Crippen MR) is 50.0 cm³/mol. The Labute approximate surface area is 64.9 Å². The fourth-order valence-corrected chi connectivity index (χ4v) is 1.32. The molecule has 0 radical (unpaired) electrons. The molecule has 0 aromatic heterocycles. The lowest BCUT2D eigenvalue weighted by Gasteiger charge is -2.03. The molecular formula is C9H13P. The Balaban J connectivity index is 3.28. The fraction of sp³-hybridized carbons (Fsp3) is 0.333. The number of hydrogen-bond donors (Lipinski definition) is 0. The van der Waals surface area contributed by atoms with Crippen LogP contribution >= 0.6 is 9.24 Å². The summed E-state index contributed by atoms with van der Waals surface area (Å²) in [7, 11) is 2.74. The number of hydrogen-bond acceptors (Lipinski definition) is 0. The van der Waals surface area contributed by atoms with Crippen molar-refractivity contribution in [2.45, 2.75) is 20.8 Å². The Morgan fingerprint density at radius 2 is 1.40 bits per heavy atom. The molecule has 1 heteroatoms. The molecule has 0 heterocycles. The quantitative estimate of drug-likeness (QED) is 0.499. The van der Waals surface area contributed by atoms with Crippen molar-refractivity contribution in [1.29, 1.82) is 0 Å². The second kappa shape index (κ2) is 2.72. The zero-order chi connectivity index (χ0) is 7.72. The average Bonchev–Trinajstić information content (AvgIpc) is 1.84. The van der Waals surface area contributed by atoms with Crippen LogP contribution in [0.15, 0.2) is 12.1 Å². The van der Waals surface area contributed by atoms with Crippen molar-refractivity contribution in [3.05, 3.63) is 28.8 Å². The fourth-order valence-electron chi connectivity index (χ4n) is 0.983. The van der Waals surface area contributed by atoms with Crippen LogP contribution in [0.4, 0.5) is 0 Å². The van der Waals surface area contributed by atoms with Gasteiger partial charge in [-0.1, -0.05) is 12.1 Å². The van der Waals surface area contributed by atoms with E-state index >= 15 is 0 Å². The second-order valence-electron chi connectivity index (χ2n) is 2.79. The van der Waals surface area contributed by atoms with Gasteiger partial charge in [0.15, 0.2) is 0 Å². The van der Waals surface area contributed by atoms with Crippen molar-refractivity contribution in [1.82, 2.24) is 0 Å². The molecule has 54 valence electrons. The third-order valence-electron chi connectivity index (χ3n) is 1.88. The summed E-state index contributed by atoms with van der Waals surface area (Å²) in [5, 5.41) is 1.31. The Morgan fingerprint density at radius 3 is 1.90 bits per heavy atom. The lowest BCUT2D eigenvalue weighted by molar-refractivity contribution is 1.32. The number of aryl methyl sites for hydroxylation is 3. The van der Waals surface area contributed by atoms with E-state index in [-0.39, 0.29) is 0 Å². The first-order chi connectivity index (χ1) is 4.61. The van der Waals surface area contributed by atoms with Crippen LogP contribution in [0.5, 0.6) is 0 Å². The van der Waals surface area contributed by atoms with Gasteiger partial charge in [-0.15, -0.1) is 9.24 Å². The summed E-state index contributed by atoms with van der Waals surface area (Å²) < 4.78 is 0. The van der Waals surface area contributed by atoms with Gasteiger partial charge in [-0.2, -0.15) is 0 Å². The van der Waals surface area contributed by atoms with Gasteiger partial charge in [-0.05, 0) is 42.8 Å². The summed E-state index contributed by atoms with van der Waals surface area (Å²) in [5.41, 5.74) is 4.10. The van der Waals surface area contributed by atoms with Gasteiger partial charge in [-0.25, -0.2) is 0 Å². The van der Waals surface area contributed by atoms with E-state index in [9.17, 15) is 0 Å². The minimum absolute atomic E-state index is 1.31. The molecule has 0 saturated carbocycles. The van der Waals surface area contributed by atoms with Crippen LogP contribution in [0, 0.1) is 20.8 Å². The van der Waals surface area contributed by atoms with Gasteiger partial charge < -0.3 is 0 Å². The van der Waals surface area contributed by atoms with Crippen LogP contribution in [0.3, 0.4) is 0 Å². The zero-order valence-electron chi connectivity index (χ0n) is 6.73. The lowest BCUT2D eigenvalue weighted by atomic mass is 10.1. The van der Waals surface area contributed by atoms with Crippen LogP contribution in [0.25, 0.3) is 0 Å². The summed E-state index contributed by atoms with van der Waals surface area (Å²) in [6, 6.07) is 4.42. The standard InChI is InChI=1S/C9H13P/c1-6-4-8(3)9(10)5-7(6)2/h4-5H,10H2,1-3H3. The first-order valence-corrected chi connectivity index (χ1v) is 4.02. The van der Waals surface area contributed by atoms with Crippen LogP contribution in [-0.4, -0.2) is 0 Å². The molecule has 1 aromatic carbocycles. The van der Waals surface area contributed by atoms with E-state index in [0.29, 0.717) is 0 Å². The normalized spacial score (nSPS) is 10.0. The van der Waals surface area contributed by atoms with Gasteiger partial charge in [-0.3, -0.25) is 0 Å². The molecule has 0 aliphatic rings. The molecule has 10 heavy (non-hydrogen) atoms. The van der Waals surface area contributed by atoms with E-state index in [1.54, 1.807) is 0 Å². The minimum atomic E-state index is 1.31. The highest BCUT2D eigenvalue weighted by Gasteiger charge is 1.95. The maximum Gasteiger partial charge on any atom is -0.0271 e. The van der Waals surface area contributed by atoms with E-state index in [1.165, 1.54) is 22.0 Å². The van der Waals surface area contributed by atoms with Crippen molar-refractivity contribution in [2.24, 2.45) is 0 Å². The van der Waals surface area contributed by atoms with E-state index < -0.39 is 0 Å². The van der Waals surface area contributed by atoms with Gasteiger partial charge in [0.2, 0.25) is 0 Å². The van der Waals surface area contributed by atoms with Crippen molar-refractivity contribution in [2.75, 3.05) is 0 Å². The molecule has 0 nitrogen and oxygen atoms in total. The highest BCUT2D eigenvalue weighted by atomic mass is 31.0. The predicted octanol–water partition coefficient (Wildman–Crippen LogP) is 2.11. The van der Waals surface area contributed by atoms with Gasteiger partial charge in [0.05, 0.1) is 0 Å². The number of rotatable bonds is 0. The monoisotopic (exact) mass is 152 g/mol. The van der Waals surface area contributed by atoms with Gasteiger partial charge in [0.25, 0.3) is 0 Å². The summed E-state index contributed by atoms with van der Waals surface area (Å²) in [5.74, 6) is 0. The summed E-state index contributed by atoms with van der Waals surface area (Å²) >= 11 is 0. The third-order valence-corrected chi connectivity index (χ3v) is 2.50. The Hall–Kier alpha value is -0.350. The molecule has 0 spiro atoms. The molecule has 0 fully saturated rings. The Bertz CT molecular complexity index is 201. The number of benzene rings is 1. The molecule has 0 amide bonds. The lowest BCUT2D eigenvalue weighted by Crippen LogP contribution is -1.98. The van der Waals surface area contributed by atoms with Gasteiger partial charge in [0, 0.05) is 0 Å². The molecule has 1 unspecified atom stereocenters. The summed E-state index contributed by atoms with van der Waals surface area (Å²) in [6.07, 6.45) is 0. The molecule has 0 bridgehead atoms. The Morgan fingerprint density at radius 1 is 0.900 bits per heavy atom.